The number of thioether (sulfide) groups is 1. The molecule has 0 aliphatic carbocycles. The Balaban J connectivity index is 3.39. The zero-order valence-corrected chi connectivity index (χ0v) is 7.34. The molecule has 0 fully saturated rings. The number of Topliss-reactive ketones (excluding diaryl/α,β-unsaturated/α-hetero) is 1. The van der Waals surface area contributed by atoms with E-state index in [0.717, 1.165) is 0 Å². The van der Waals surface area contributed by atoms with Crippen LogP contribution in [0.2, 0.25) is 0 Å². The lowest BCUT2D eigenvalue weighted by molar-refractivity contribution is -0.114. The third kappa shape index (κ3) is 8.02. The summed E-state index contributed by atoms with van der Waals surface area (Å²) in [6.07, 6.45) is 0. The molecule has 0 aliphatic rings. The number of carbonyl (C=O) groups excluding carboxylic acids is 1. The quantitative estimate of drug-likeness (QED) is 0.593. The minimum Gasteiger partial charge on any atom is -0.299 e. The second-order valence-electron chi connectivity index (χ2n) is 3.10. The molecule has 0 unspecified atom stereocenters. The van der Waals surface area contributed by atoms with Crippen molar-refractivity contribution in [3.05, 3.63) is 0 Å². The monoisotopic (exact) mass is 146 g/mol. The highest BCUT2D eigenvalue weighted by Gasteiger charge is 2.10. The molecular weight excluding hydrogens is 132 g/mol. The maximum absolute atomic E-state index is 10.5. The number of rotatable bonds is 2. The summed E-state index contributed by atoms with van der Waals surface area (Å²) in [5.41, 5.74) is 0. The van der Waals surface area contributed by atoms with Crippen molar-refractivity contribution in [1.82, 2.24) is 0 Å². The van der Waals surface area contributed by atoms with Gasteiger partial charge in [-0.3, -0.25) is 4.79 Å². The van der Waals surface area contributed by atoms with Gasteiger partial charge >= 0.3 is 0 Å². The lowest BCUT2D eigenvalue weighted by atomic mass is 10.3. The Hall–Kier alpha value is 0.0200. The van der Waals surface area contributed by atoms with Gasteiger partial charge in [-0.1, -0.05) is 20.8 Å². The Kier molecular flexibility index (Phi) is 3.26. The maximum Gasteiger partial charge on any atom is 0.139 e. The first-order chi connectivity index (χ1) is 3.92. The largest absolute Gasteiger partial charge is 0.299 e. The Morgan fingerprint density at radius 3 is 2.00 bits per heavy atom. The standard InChI is InChI=1S/C7H14OS/c1-6(8)5-9-7(2,3)4/h5H2,1-4H3. The molecule has 0 heterocycles. The summed E-state index contributed by atoms with van der Waals surface area (Å²) in [5, 5.41) is 0. The summed E-state index contributed by atoms with van der Waals surface area (Å²) in [5.74, 6) is 0.902. The highest BCUT2D eigenvalue weighted by Crippen LogP contribution is 2.22. The molecule has 2 heteroatoms. The fraction of sp³-hybridized carbons (Fsp3) is 0.857. The number of ketones is 1. The van der Waals surface area contributed by atoms with Gasteiger partial charge in [0.15, 0.2) is 0 Å². The van der Waals surface area contributed by atoms with Crippen LogP contribution in [-0.4, -0.2) is 16.3 Å². The summed E-state index contributed by atoms with van der Waals surface area (Å²) < 4.78 is 0.228. The predicted octanol–water partition coefficient (Wildman–Crippen LogP) is 2.11. The van der Waals surface area contributed by atoms with Crippen LogP contribution in [0.4, 0.5) is 0 Å². The number of hydrogen-bond acceptors (Lipinski definition) is 2. The van der Waals surface area contributed by atoms with Gasteiger partial charge in [0.05, 0.1) is 5.75 Å². The van der Waals surface area contributed by atoms with E-state index >= 15 is 0 Å². The highest BCUT2D eigenvalue weighted by atomic mass is 32.2. The van der Waals surface area contributed by atoms with Crippen molar-refractivity contribution >= 4 is 17.5 Å². The Bertz CT molecular complexity index is 102. The van der Waals surface area contributed by atoms with E-state index in [1.165, 1.54) is 0 Å². The molecule has 0 aliphatic heterocycles. The van der Waals surface area contributed by atoms with Crippen LogP contribution in [0.5, 0.6) is 0 Å². The van der Waals surface area contributed by atoms with E-state index in [2.05, 4.69) is 20.8 Å². The molecular formula is C7H14OS. The lowest BCUT2D eigenvalue weighted by Gasteiger charge is -2.15. The second-order valence-corrected chi connectivity index (χ2v) is 4.91. The Morgan fingerprint density at radius 2 is 1.89 bits per heavy atom. The summed E-state index contributed by atoms with van der Waals surface area (Å²) >= 11 is 1.69. The maximum atomic E-state index is 10.5. The summed E-state index contributed by atoms with van der Waals surface area (Å²) in [6.45, 7) is 7.96. The molecule has 0 atom stereocenters. The van der Waals surface area contributed by atoms with Crippen LogP contribution in [0, 0.1) is 0 Å². The summed E-state index contributed by atoms with van der Waals surface area (Å²) in [6, 6.07) is 0. The van der Waals surface area contributed by atoms with Gasteiger partial charge in [-0.15, -0.1) is 11.8 Å². The molecule has 0 radical (unpaired) electrons. The van der Waals surface area contributed by atoms with Crippen LogP contribution in [0.25, 0.3) is 0 Å². The van der Waals surface area contributed by atoms with Crippen LogP contribution in [0.1, 0.15) is 27.7 Å². The minimum absolute atomic E-state index is 0.228. The topological polar surface area (TPSA) is 17.1 Å². The van der Waals surface area contributed by atoms with Gasteiger partial charge in [-0.25, -0.2) is 0 Å². The van der Waals surface area contributed by atoms with E-state index in [4.69, 9.17) is 0 Å². The van der Waals surface area contributed by atoms with Crippen molar-refractivity contribution in [3.8, 4) is 0 Å². The Morgan fingerprint density at radius 1 is 1.44 bits per heavy atom. The minimum atomic E-state index is 0.228. The van der Waals surface area contributed by atoms with E-state index in [1.807, 2.05) is 0 Å². The average molecular weight is 146 g/mol. The highest BCUT2D eigenvalue weighted by molar-refractivity contribution is 8.01. The van der Waals surface area contributed by atoms with Crippen LogP contribution < -0.4 is 0 Å². The van der Waals surface area contributed by atoms with Crippen molar-refractivity contribution in [2.24, 2.45) is 0 Å². The van der Waals surface area contributed by atoms with E-state index in [1.54, 1.807) is 18.7 Å². The van der Waals surface area contributed by atoms with Gasteiger partial charge in [-0.2, -0.15) is 0 Å². The normalized spacial score (nSPS) is 11.6. The van der Waals surface area contributed by atoms with E-state index in [-0.39, 0.29) is 10.5 Å². The van der Waals surface area contributed by atoms with Crippen LogP contribution >= 0.6 is 11.8 Å². The molecule has 0 aromatic heterocycles. The van der Waals surface area contributed by atoms with Crippen LogP contribution in [0.15, 0.2) is 0 Å². The lowest BCUT2D eigenvalue weighted by Crippen LogP contribution is -2.10. The average Bonchev–Trinajstić information content (AvgIpc) is 1.59. The molecule has 0 bridgehead atoms. The molecule has 0 aromatic rings. The summed E-state index contributed by atoms with van der Waals surface area (Å²) in [4.78, 5) is 10.5. The SMILES string of the molecule is CC(=O)CSC(C)(C)C. The molecule has 0 amide bonds. The van der Waals surface area contributed by atoms with Gasteiger partial charge in [0.1, 0.15) is 5.78 Å². The van der Waals surface area contributed by atoms with Crippen molar-refractivity contribution < 1.29 is 4.79 Å². The van der Waals surface area contributed by atoms with Gasteiger partial charge in [0, 0.05) is 4.75 Å². The molecule has 0 N–H and O–H groups in total. The summed E-state index contributed by atoms with van der Waals surface area (Å²) in [7, 11) is 0. The van der Waals surface area contributed by atoms with Gasteiger partial charge in [0.2, 0.25) is 0 Å². The molecule has 0 spiro atoms. The fourth-order valence-electron chi connectivity index (χ4n) is 0.318. The fourth-order valence-corrected chi connectivity index (χ4v) is 0.954. The van der Waals surface area contributed by atoms with Crippen LogP contribution in [0.3, 0.4) is 0 Å². The second kappa shape index (κ2) is 3.25. The predicted molar refractivity (Wildman–Crippen MR) is 42.9 cm³/mol. The Labute approximate surface area is 61.2 Å². The van der Waals surface area contributed by atoms with E-state index < -0.39 is 0 Å². The first kappa shape index (κ1) is 9.02. The van der Waals surface area contributed by atoms with Gasteiger partial charge in [-0.05, 0) is 6.92 Å². The molecule has 0 aromatic carbocycles. The molecule has 54 valence electrons. The van der Waals surface area contributed by atoms with Crippen molar-refractivity contribution in [2.75, 3.05) is 5.75 Å². The smallest absolute Gasteiger partial charge is 0.139 e. The first-order valence-corrected chi connectivity index (χ1v) is 4.04. The zero-order valence-electron chi connectivity index (χ0n) is 6.52. The third-order valence-electron chi connectivity index (χ3n) is 0.708. The molecule has 1 nitrogen and oxygen atoms in total. The number of carbonyl (C=O) groups is 1. The van der Waals surface area contributed by atoms with Gasteiger partial charge < -0.3 is 0 Å². The zero-order chi connectivity index (χ0) is 7.49. The first-order valence-electron chi connectivity index (χ1n) is 3.05. The van der Waals surface area contributed by atoms with Crippen LogP contribution in [-0.2, 0) is 4.79 Å². The molecule has 0 saturated carbocycles. The third-order valence-corrected chi connectivity index (χ3v) is 2.13. The van der Waals surface area contributed by atoms with Gasteiger partial charge in [0.25, 0.3) is 0 Å². The number of hydrogen-bond donors (Lipinski definition) is 0. The van der Waals surface area contributed by atoms with Crippen molar-refractivity contribution in [3.63, 3.8) is 0 Å². The van der Waals surface area contributed by atoms with Crippen molar-refractivity contribution in [2.45, 2.75) is 32.4 Å². The van der Waals surface area contributed by atoms with E-state index in [9.17, 15) is 4.79 Å². The molecule has 9 heavy (non-hydrogen) atoms. The molecule has 0 saturated heterocycles. The van der Waals surface area contributed by atoms with Crippen molar-refractivity contribution in [1.29, 1.82) is 0 Å². The van der Waals surface area contributed by atoms with E-state index in [0.29, 0.717) is 5.75 Å². The molecule has 0 rings (SSSR count).